The highest BCUT2D eigenvalue weighted by Gasteiger charge is 2.21. The predicted molar refractivity (Wildman–Crippen MR) is 105 cm³/mol. The molecule has 0 saturated carbocycles. The Labute approximate surface area is 163 Å². The quantitative estimate of drug-likeness (QED) is 0.676. The molecule has 0 radical (unpaired) electrons. The second-order valence-electron chi connectivity index (χ2n) is 6.57. The average molecular weight is 390 g/mol. The minimum atomic E-state index is -0.0389. The summed E-state index contributed by atoms with van der Waals surface area (Å²) in [4.78, 5) is 20.9. The molecule has 1 saturated heterocycles. The Morgan fingerprint density at radius 1 is 1.30 bits per heavy atom. The minimum Gasteiger partial charge on any atom is -0.395 e. The van der Waals surface area contributed by atoms with E-state index in [9.17, 15) is 9.90 Å². The van der Waals surface area contributed by atoms with E-state index in [0.717, 1.165) is 43.0 Å². The third-order valence-electron chi connectivity index (χ3n) is 4.70. The van der Waals surface area contributed by atoms with Gasteiger partial charge in [-0.25, -0.2) is 4.98 Å². The van der Waals surface area contributed by atoms with Gasteiger partial charge in [-0.1, -0.05) is 17.5 Å². The predicted octanol–water partition coefficient (Wildman–Crippen LogP) is 0.549. The van der Waals surface area contributed by atoms with Gasteiger partial charge in [-0.2, -0.15) is 0 Å². The van der Waals surface area contributed by atoms with Crippen molar-refractivity contribution in [3.8, 4) is 12.3 Å². The van der Waals surface area contributed by atoms with Crippen molar-refractivity contribution in [1.82, 2.24) is 24.7 Å². The number of benzene rings is 1. The zero-order valence-corrected chi connectivity index (χ0v) is 16.0. The third kappa shape index (κ3) is 4.99. The molecule has 2 aromatic rings. The van der Waals surface area contributed by atoms with Gasteiger partial charge in [-0.05, 0) is 18.2 Å². The lowest BCUT2D eigenvalue weighted by Gasteiger charge is -2.34. The first-order chi connectivity index (χ1) is 13.1. The number of aliphatic hydroxyl groups is 1. The fraction of sp³-hybridized carbons (Fsp3) is 0.474. The molecule has 3 rings (SSSR count). The smallest absolute Gasteiger partial charge is 0.234 e. The molecule has 144 valence electrons. The molecule has 1 aromatic carbocycles. The van der Waals surface area contributed by atoms with E-state index < -0.39 is 0 Å². The van der Waals surface area contributed by atoms with Crippen LogP contribution in [0, 0.1) is 12.3 Å². The second-order valence-corrected chi connectivity index (χ2v) is 7.01. The molecule has 2 heterocycles. The van der Waals surface area contributed by atoms with Crippen LogP contribution in [0.15, 0.2) is 18.2 Å². The van der Waals surface area contributed by atoms with Crippen LogP contribution in [0.3, 0.4) is 0 Å². The lowest BCUT2D eigenvalue weighted by molar-refractivity contribution is -0.122. The maximum atomic E-state index is 11.8. The summed E-state index contributed by atoms with van der Waals surface area (Å²) in [6.45, 7) is 5.23. The molecule has 1 aliphatic heterocycles. The molecule has 0 bridgehead atoms. The number of imidazole rings is 1. The van der Waals surface area contributed by atoms with Gasteiger partial charge in [0.15, 0.2) is 0 Å². The number of hydrogen-bond donors (Lipinski definition) is 2. The first-order valence-electron chi connectivity index (χ1n) is 9.01. The number of carbonyl (C=O) groups excluding carboxylic acids is 1. The first-order valence-corrected chi connectivity index (χ1v) is 9.39. The third-order valence-corrected chi connectivity index (χ3v) is 4.93. The van der Waals surface area contributed by atoms with E-state index in [1.165, 1.54) is 0 Å². The van der Waals surface area contributed by atoms with Gasteiger partial charge in [0.1, 0.15) is 5.82 Å². The van der Waals surface area contributed by atoms with Crippen LogP contribution in [-0.4, -0.2) is 76.2 Å². The Morgan fingerprint density at radius 2 is 2.04 bits per heavy atom. The van der Waals surface area contributed by atoms with Gasteiger partial charge in [-0.15, -0.1) is 6.42 Å². The van der Waals surface area contributed by atoms with E-state index in [1.807, 2.05) is 22.8 Å². The molecule has 0 aliphatic carbocycles. The molecule has 27 heavy (non-hydrogen) atoms. The van der Waals surface area contributed by atoms with Gasteiger partial charge in [0.25, 0.3) is 0 Å². The van der Waals surface area contributed by atoms with Crippen molar-refractivity contribution < 1.29 is 9.90 Å². The molecule has 1 aromatic heterocycles. The summed E-state index contributed by atoms with van der Waals surface area (Å²) in [5.41, 5.74) is 1.82. The van der Waals surface area contributed by atoms with Gasteiger partial charge < -0.3 is 15.0 Å². The Bertz CT molecular complexity index is 836. The molecular weight excluding hydrogens is 366 g/mol. The van der Waals surface area contributed by atoms with E-state index >= 15 is 0 Å². The number of aliphatic hydroxyl groups excluding tert-OH is 1. The van der Waals surface area contributed by atoms with Gasteiger partial charge >= 0.3 is 0 Å². The Hall–Kier alpha value is -2.11. The number of amides is 1. The molecule has 7 nitrogen and oxygen atoms in total. The van der Waals surface area contributed by atoms with Crippen molar-refractivity contribution in [1.29, 1.82) is 0 Å². The van der Waals surface area contributed by atoms with Crippen molar-refractivity contribution in [2.75, 3.05) is 45.9 Å². The topological polar surface area (TPSA) is 73.6 Å². The van der Waals surface area contributed by atoms with E-state index in [2.05, 4.69) is 21.0 Å². The second kappa shape index (κ2) is 9.20. The summed E-state index contributed by atoms with van der Waals surface area (Å²) in [7, 11) is 0. The number of piperazine rings is 1. The standard InChI is InChI=1S/C19H24ClN5O2/c1-2-5-21-19(27)14-24-8-6-23(7-9-24)13-18-22-16-12-15(20)3-4-17(16)25(18)10-11-26/h1,3-4,12,26H,5-11,13-14H2,(H,21,27). The highest BCUT2D eigenvalue weighted by molar-refractivity contribution is 6.31. The van der Waals surface area contributed by atoms with E-state index in [-0.39, 0.29) is 19.1 Å². The molecule has 1 aliphatic rings. The summed E-state index contributed by atoms with van der Waals surface area (Å²) >= 11 is 6.08. The van der Waals surface area contributed by atoms with Crippen molar-refractivity contribution in [3.63, 3.8) is 0 Å². The van der Waals surface area contributed by atoms with E-state index in [4.69, 9.17) is 23.0 Å². The maximum Gasteiger partial charge on any atom is 0.234 e. The fourth-order valence-electron chi connectivity index (χ4n) is 3.34. The van der Waals surface area contributed by atoms with Gasteiger partial charge in [-0.3, -0.25) is 14.6 Å². The monoisotopic (exact) mass is 389 g/mol. The molecule has 0 atom stereocenters. The zero-order valence-electron chi connectivity index (χ0n) is 15.2. The van der Waals surface area contributed by atoms with Crippen LogP contribution < -0.4 is 5.32 Å². The lowest BCUT2D eigenvalue weighted by Crippen LogP contribution is -2.49. The lowest BCUT2D eigenvalue weighted by atomic mass is 10.3. The number of nitrogens with one attached hydrogen (secondary N) is 1. The van der Waals surface area contributed by atoms with Crippen LogP contribution in [0.1, 0.15) is 5.82 Å². The highest BCUT2D eigenvalue weighted by Crippen LogP contribution is 2.21. The molecule has 1 amide bonds. The summed E-state index contributed by atoms with van der Waals surface area (Å²) in [6.07, 6.45) is 5.16. The number of aromatic nitrogens is 2. The van der Waals surface area contributed by atoms with Crippen molar-refractivity contribution in [3.05, 3.63) is 29.0 Å². The molecule has 2 N–H and O–H groups in total. The Balaban J connectivity index is 1.61. The number of fused-ring (bicyclic) bond motifs is 1. The number of halogens is 1. The first kappa shape index (κ1) is 19.6. The molecule has 8 heteroatoms. The number of carbonyl (C=O) groups is 1. The summed E-state index contributed by atoms with van der Waals surface area (Å²) < 4.78 is 2.05. The zero-order chi connectivity index (χ0) is 19.2. The van der Waals surface area contributed by atoms with Crippen molar-refractivity contribution in [2.45, 2.75) is 13.1 Å². The molecule has 0 spiro atoms. The van der Waals surface area contributed by atoms with Crippen LogP contribution in [0.4, 0.5) is 0 Å². The van der Waals surface area contributed by atoms with Crippen LogP contribution in [-0.2, 0) is 17.9 Å². The Kier molecular flexibility index (Phi) is 6.69. The number of hydrogen-bond acceptors (Lipinski definition) is 5. The van der Waals surface area contributed by atoms with E-state index in [1.54, 1.807) is 0 Å². The van der Waals surface area contributed by atoms with Gasteiger partial charge in [0.2, 0.25) is 5.91 Å². The largest absolute Gasteiger partial charge is 0.395 e. The van der Waals surface area contributed by atoms with Crippen molar-refractivity contribution in [2.24, 2.45) is 0 Å². The summed E-state index contributed by atoms with van der Waals surface area (Å²) in [5, 5.41) is 12.8. The molecule has 1 fully saturated rings. The fourth-order valence-corrected chi connectivity index (χ4v) is 3.50. The normalized spacial score (nSPS) is 15.7. The van der Waals surface area contributed by atoms with Crippen LogP contribution >= 0.6 is 11.6 Å². The van der Waals surface area contributed by atoms with Gasteiger partial charge in [0, 0.05) is 37.7 Å². The van der Waals surface area contributed by atoms with Crippen LogP contribution in [0.25, 0.3) is 11.0 Å². The van der Waals surface area contributed by atoms with Crippen molar-refractivity contribution >= 4 is 28.5 Å². The molecular formula is C19H24ClN5O2. The number of rotatable bonds is 7. The summed E-state index contributed by atoms with van der Waals surface area (Å²) in [6, 6.07) is 5.63. The minimum absolute atomic E-state index is 0.0389. The van der Waals surface area contributed by atoms with Crippen LogP contribution in [0.2, 0.25) is 5.02 Å². The van der Waals surface area contributed by atoms with Gasteiger partial charge in [0.05, 0.1) is 37.3 Å². The number of nitrogens with zero attached hydrogens (tertiary/aromatic N) is 4. The molecule has 0 unspecified atom stereocenters. The number of terminal acetylenes is 1. The SMILES string of the molecule is C#CCNC(=O)CN1CCN(Cc2nc3cc(Cl)ccc3n2CCO)CC1. The maximum absolute atomic E-state index is 11.8. The van der Waals surface area contributed by atoms with E-state index in [0.29, 0.717) is 24.7 Å². The average Bonchev–Trinajstić information content (AvgIpc) is 2.98. The highest BCUT2D eigenvalue weighted by atomic mass is 35.5. The summed E-state index contributed by atoms with van der Waals surface area (Å²) in [5.74, 6) is 3.29. The Morgan fingerprint density at radius 3 is 2.74 bits per heavy atom. The van der Waals surface area contributed by atoms with Crippen LogP contribution in [0.5, 0.6) is 0 Å².